The summed E-state index contributed by atoms with van der Waals surface area (Å²) in [5.74, 6) is -0.810. The number of rotatable bonds is 10. The summed E-state index contributed by atoms with van der Waals surface area (Å²) in [4.78, 5) is 48.3. The highest BCUT2D eigenvalue weighted by molar-refractivity contribution is 6.21. The quantitative estimate of drug-likeness (QED) is 0.154. The molecule has 230 valence electrons. The zero-order valence-electron chi connectivity index (χ0n) is 25.3. The first-order valence-electron chi connectivity index (χ1n) is 15.3. The Bertz CT molecular complexity index is 1970. The minimum Gasteiger partial charge on any atom is -0.475 e. The van der Waals surface area contributed by atoms with E-state index < -0.39 is 29.5 Å². The van der Waals surface area contributed by atoms with Gasteiger partial charge >= 0.3 is 0 Å². The molecule has 1 aliphatic rings. The summed E-state index contributed by atoms with van der Waals surface area (Å²) in [6.07, 6.45) is 0.334. The maximum Gasteiger partial charge on any atom is 0.261 e. The normalized spacial score (nSPS) is 12.4. The summed E-state index contributed by atoms with van der Waals surface area (Å²) < 4.78 is 7.96. The lowest BCUT2D eigenvalue weighted by Crippen LogP contribution is -2.33. The SMILES string of the molecule is O=C1c2ccccc2C(=O)N1Cc1cc(=O)c(OC(c2ccccc2)c2ccccc2)cn1OC(c1ccccc1)c1ccccc1. The first-order chi connectivity index (χ1) is 23.1. The average Bonchev–Trinajstić information content (AvgIpc) is 3.37. The molecule has 0 atom stereocenters. The van der Waals surface area contributed by atoms with Gasteiger partial charge < -0.3 is 9.57 Å². The third-order valence-corrected chi connectivity index (χ3v) is 8.13. The number of carbonyl (C=O) groups excluding carboxylic acids is 2. The van der Waals surface area contributed by atoms with Crippen LogP contribution < -0.4 is 15.0 Å². The van der Waals surface area contributed by atoms with Crippen LogP contribution in [0.2, 0.25) is 0 Å². The molecule has 1 aliphatic heterocycles. The van der Waals surface area contributed by atoms with Crippen molar-refractivity contribution in [2.24, 2.45) is 0 Å². The molecule has 1 aromatic heterocycles. The smallest absolute Gasteiger partial charge is 0.261 e. The van der Waals surface area contributed by atoms with Gasteiger partial charge in [-0.05, 0) is 34.4 Å². The molecule has 0 radical (unpaired) electrons. The summed E-state index contributed by atoms with van der Waals surface area (Å²) >= 11 is 0. The highest BCUT2D eigenvalue weighted by atomic mass is 16.7. The average molecular weight is 619 g/mol. The lowest BCUT2D eigenvalue weighted by Gasteiger charge is -2.26. The molecule has 5 aromatic carbocycles. The van der Waals surface area contributed by atoms with Crippen LogP contribution in [0, 0.1) is 0 Å². The number of aromatic nitrogens is 1. The van der Waals surface area contributed by atoms with Crippen LogP contribution in [0.3, 0.4) is 0 Å². The maximum atomic E-state index is 13.8. The van der Waals surface area contributed by atoms with Gasteiger partial charge in [0.1, 0.15) is 6.10 Å². The van der Waals surface area contributed by atoms with Crippen molar-refractivity contribution < 1.29 is 19.2 Å². The Kier molecular flexibility index (Phi) is 8.18. The molecule has 0 bridgehead atoms. The number of fused-ring (bicyclic) bond motifs is 1. The van der Waals surface area contributed by atoms with Gasteiger partial charge in [0, 0.05) is 6.07 Å². The van der Waals surface area contributed by atoms with Crippen molar-refractivity contribution in [2.45, 2.75) is 18.8 Å². The Morgan fingerprint density at radius 1 is 0.511 bits per heavy atom. The van der Waals surface area contributed by atoms with E-state index >= 15 is 0 Å². The van der Waals surface area contributed by atoms with Crippen LogP contribution in [0.5, 0.6) is 5.75 Å². The number of pyridine rings is 1. The maximum absolute atomic E-state index is 13.8. The predicted octanol–water partition coefficient (Wildman–Crippen LogP) is 7.03. The van der Waals surface area contributed by atoms with Crippen molar-refractivity contribution in [1.29, 1.82) is 0 Å². The van der Waals surface area contributed by atoms with Crippen molar-refractivity contribution in [3.05, 3.63) is 207 Å². The fourth-order valence-corrected chi connectivity index (χ4v) is 5.78. The van der Waals surface area contributed by atoms with Crippen LogP contribution in [-0.4, -0.2) is 21.4 Å². The zero-order chi connectivity index (χ0) is 32.2. The lowest BCUT2D eigenvalue weighted by molar-refractivity contribution is 0.0439. The van der Waals surface area contributed by atoms with E-state index in [4.69, 9.17) is 9.57 Å². The van der Waals surface area contributed by atoms with E-state index in [9.17, 15) is 14.4 Å². The van der Waals surface area contributed by atoms with Gasteiger partial charge in [-0.1, -0.05) is 133 Å². The molecular weight excluding hydrogens is 588 g/mol. The lowest BCUT2D eigenvalue weighted by atomic mass is 10.0. The number of nitrogens with zero attached hydrogens (tertiary/aromatic N) is 2. The highest BCUT2D eigenvalue weighted by Gasteiger charge is 2.36. The number of imide groups is 1. The Morgan fingerprint density at radius 2 is 0.915 bits per heavy atom. The molecule has 0 unspecified atom stereocenters. The molecule has 47 heavy (non-hydrogen) atoms. The van der Waals surface area contributed by atoms with Gasteiger partial charge in [-0.2, -0.15) is 4.73 Å². The number of hydrogen-bond acceptors (Lipinski definition) is 5. The molecule has 7 rings (SSSR count). The Hall–Kier alpha value is -6.21. The molecule has 7 heteroatoms. The summed E-state index contributed by atoms with van der Waals surface area (Å²) in [7, 11) is 0. The van der Waals surface area contributed by atoms with Gasteiger partial charge in [0.2, 0.25) is 5.43 Å². The second kappa shape index (κ2) is 13.0. The molecule has 2 heterocycles. The van der Waals surface area contributed by atoms with Crippen LogP contribution in [0.1, 0.15) is 60.9 Å². The second-order valence-corrected chi connectivity index (χ2v) is 11.2. The van der Waals surface area contributed by atoms with E-state index in [0.717, 1.165) is 27.2 Å². The van der Waals surface area contributed by atoms with Crippen LogP contribution in [0.4, 0.5) is 0 Å². The fourth-order valence-electron chi connectivity index (χ4n) is 5.78. The van der Waals surface area contributed by atoms with Gasteiger partial charge in [-0.3, -0.25) is 19.3 Å². The third-order valence-electron chi connectivity index (χ3n) is 8.13. The van der Waals surface area contributed by atoms with Crippen molar-refractivity contribution in [1.82, 2.24) is 9.63 Å². The number of carbonyl (C=O) groups is 2. The largest absolute Gasteiger partial charge is 0.475 e. The second-order valence-electron chi connectivity index (χ2n) is 11.2. The van der Waals surface area contributed by atoms with E-state index in [1.807, 2.05) is 121 Å². The minimum atomic E-state index is -0.590. The molecule has 0 aliphatic carbocycles. The van der Waals surface area contributed by atoms with Crippen LogP contribution in [-0.2, 0) is 6.54 Å². The molecule has 0 fully saturated rings. The summed E-state index contributed by atoms with van der Waals surface area (Å²) in [6.45, 7) is -0.182. The summed E-state index contributed by atoms with van der Waals surface area (Å²) in [5, 5.41) is 0. The van der Waals surface area contributed by atoms with E-state index in [1.54, 1.807) is 24.3 Å². The number of benzene rings is 5. The number of hydrogen-bond donors (Lipinski definition) is 0. The monoisotopic (exact) mass is 618 g/mol. The van der Waals surface area contributed by atoms with E-state index in [0.29, 0.717) is 16.8 Å². The molecule has 2 amide bonds. The molecule has 0 N–H and O–H groups in total. The van der Waals surface area contributed by atoms with Crippen molar-refractivity contribution >= 4 is 11.8 Å². The van der Waals surface area contributed by atoms with Crippen LogP contribution in [0.25, 0.3) is 0 Å². The summed E-state index contributed by atoms with van der Waals surface area (Å²) in [6, 6.07) is 46.8. The Morgan fingerprint density at radius 3 is 1.36 bits per heavy atom. The van der Waals surface area contributed by atoms with E-state index in [2.05, 4.69) is 0 Å². The fraction of sp³-hybridized carbons (Fsp3) is 0.0750. The predicted molar refractivity (Wildman–Crippen MR) is 178 cm³/mol. The molecule has 0 saturated carbocycles. The third kappa shape index (κ3) is 6.07. The zero-order valence-corrected chi connectivity index (χ0v) is 25.3. The molecule has 6 aromatic rings. The van der Waals surface area contributed by atoms with Gasteiger partial charge in [0.05, 0.1) is 29.6 Å². The van der Waals surface area contributed by atoms with Gasteiger partial charge in [-0.25, -0.2) is 0 Å². The molecule has 0 spiro atoms. The first kappa shape index (κ1) is 29.5. The highest BCUT2D eigenvalue weighted by Crippen LogP contribution is 2.30. The standard InChI is InChI=1S/C40H30N2O5/c43-35-25-32(26-41-39(44)33-23-13-14-24-34(33)40(41)45)42(47-38(30-19-9-3-10-20-30)31-21-11-4-12-22-31)27-36(35)46-37(28-15-5-1-6-16-28)29-17-7-2-8-18-29/h1-25,27,37-38H,26H2. The number of amides is 2. The molecule has 7 nitrogen and oxygen atoms in total. The summed E-state index contributed by atoms with van der Waals surface area (Å²) in [5.41, 5.74) is 4.03. The Labute approximate surface area is 271 Å². The van der Waals surface area contributed by atoms with Crippen LogP contribution >= 0.6 is 0 Å². The van der Waals surface area contributed by atoms with Crippen molar-refractivity contribution in [3.8, 4) is 5.75 Å². The van der Waals surface area contributed by atoms with E-state index in [1.165, 1.54) is 17.0 Å². The van der Waals surface area contributed by atoms with Crippen LogP contribution in [0.15, 0.2) is 163 Å². The first-order valence-corrected chi connectivity index (χ1v) is 15.3. The van der Waals surface area contributed by atoms with Gasteiger partial charge in [0.25, 0.3) is 11.8 Å². The number of ether oxygens (including phenoxy) is 1. The van der Waals surface area contributed by atoms with E-state index in [-0.39, 0.29) is 12.3 Å². The van der Waals surface area contributed by atoms with Crippen molar-refractivity contribution in [3.63, 3.8) is 0 Å². The molecular formula is C40H30N2O5. The topological polar surface area (TPSA) is 77.8 Å². The van der Waals surface area contributed by atoms with Gasteiger partial charge in [-0.15, -0.1) is 0 Å². The minimum absolute atomic E-state index is 0.0497. The molecule has 0 saturated heterocycles. The van der Waals surface area contributed by atoms with Gasteiger partial charge in [0.15, 0.2) is 11.9 Å². The Balaban J connectivity index is 1.33. The van der Waals surface area contributed by atoms with Crippen molar-refractivity contribution in [2.75, 3.05) is 0 Å².